The smallest absolute Gasteiger partial charge is 0.127 e. The number of rotatable bonds is 3. The number of aryl methyl sites for hydroxylation is 1. The third-order valence-corrected chi connectivity index (χ3v) is 4.77. The van der Waals surface area contributed by atoms with Gasteiger partial charge in [0.15, 0.2) is 0 Å². The minimum Gasteiger partial charge on any atom is -0.323 e. The molecule has 0 radical (unpaired) electrons. The Morgan fingerprint density at radius 3 is 2.67 bits per heavy atom. The van der Waals surface area contributed by atoms with Crippen LogP contribution in [-0.2, 0) is 6.42 Å². The Bertz CT molecular complexity index is 528. The lowest BCUT2D eigenvalue weighted by Gasteiger charge is -2.11. The van der Waals surface area contributed by atoms with Gasteiger partial charge in [-0.05, 0) is 37.1 Å². The standard InChI is InChI=1S/C13H12Cl2FNS/c1-7-5-12(18-13(7)15)11(17)6-8-9(14)3-2-4-10(8)16/h2-5,11H,6,17H2,1H3. The van der Waals surface area contributed by atoms with Crippen molar-refractivity contribution in [2.24, 2.45) is 5.73 Å². The molecule has 0 saturated heterocycles. The first kappa shape index (κ1) is 13.8. The molecular weight excluding hydrogens is 292 g/mol. The lowest BCUT2D eigenvalue weighted by molar-refractivity contribution is 0.595. The van der Waals surface area contributed by atoms with Crippen LogP contribution in [0.5, 0.6) is 0 Å². The topological polar surface area (TPSA) is 26.0 Å². The Labute approximate surface area is 119 Å². The monoisotopic (exact) mass is 303 g/mol. The molecule has 5 heteroatoms. The highest BCUT2D eigenvalue weighted by molar-refractivity contribution is 7.16. The van der Waals surface area contributed by atoms with Gasteiger partial charge < -0.3 is 5.73 Å². The molecule has 2 aromatic rings. The summed E-state index contributed by atoms with van der Waals surface area (Å²) in [6.07, 6.45) is 0.363. The summed E-state index contributed by atoms with van der Waals surface area (Å²) >= 11 is 13.4. The molecule has 1 heterocycles. The quantitative estimate of drug-likeness (QED) is 0.870. The van der Waals surface area contributed by atoms with Crippen molar-refractivity contribution in [3.8, 4) is 0 Å². The lowest BCUT2D eigenvalue weighted by atomic mass is 10.0. The first-order chi connectivity index (χ1) is 8.49. The number of thiophene rings is 1. The summed E-state index contributed by atoms with van der Waals surface area (Å²) in [6, 6.07) is 6.28. The Balaban J connectivity index is 2.23. The van der Waals surface area contributed by atoms with E-state index in [0.29, 0.717) is 17.0 Å². The van der Waals surface area contributed by atoms with E-state index in [4.69, 9.17) is 28.9 Å². The fourth-order valence-electron chi connectivity index (χ4n) is 1.71. The molecule has 1 nitrogen and oxygen atoms in total. The molecule has 1 atom stereocenters. The average Bonchev–Trinajstić information content (AvgIpc) is 2.64. The van der Waals surface area contributed by atoms with Gasteiger partial charge in [0.2, 0.25) is 0 Å². The van der Waals surface area contributed by atoms with E-state index < -0.39 is 0 Å². The van der Waals surface area contributed by atoms with Gasteiger partial charge in [-0.25, -0.2) is 4.39 Å². The van der Waals surface area contributed by atoms with Crippen molar-refractivity contribution in [1.82, 2.24) is 0 Å². The van der Waals surface area contributed by atoms with Crippen LogP contribution in [0.3, 0.4) is 0 Å². The summed E-state index contributed by atoms with van der Waals surface area (Å²) in [6.45, 7) is 1.92. The second kappa shape index (κ2) is 5.57. The van der Waals surface area contributed by atoms with Gasteiger partial charge in [-0.1, -0.05) is 29.3 Å². The van der Waals surface area contributed by atoms with Crippen LogP contribution in [-0.4, -0.2) is 0 Å². The van der Waals surface area contributed by atoms with E-state index in [9.17, 15) is 4.39 Å². The highest BCUT2D eigenvalue weighted by Gasteiger charge is 2.16. The van der Waals surface area contributed by atoms with E-state index in [1.54, 1.807) is 12.1 Å². The third kappa shape index (κ3) is 2.86. The molecule has 0 aliphatic rings. The van der Waals surface area contributed by atoms with Gasteiger partial charge in [-0.15, -0.1) is 11.3 Å². The van der Waals surface area contributed by atoms with Crippen LogP contribution in [0.4, 0.5) is 4.39 Å². The van der Waals surface area contributed by atoms with Crippen molar-refractivity contribution in [2.75, 3.05) is 0 Å². The molecule has 1 aromatic carbocycles. The summed E-state index contributed by atoms with van der Waals surface area (Å²) in [7, 11) is 0. The van der Waals surface area contributed by atoms with Crippen LogP contribution in [0.1, 0.15) is 22.0 Å². The number of hydrogen-bond donors (Lipinski definition) is 1. The van der Waals surface area contributed by atoms with Crippen molar-refractivity contribution < 1.29 is 4.39 Å². The SMILES string of the molecule is Cc1cc(C(N)Cc2c(F)cccc2Cl)sc1Cl. The zero-order valence-electron chi connectivity index (χ0n) is 9.71. The fourth-order valence-corrected chi connectivity index (χ4v) is 3.17. The Morgan fingerprint density at radius 2 is 2.11 bits per heavy atom. The maximum atomic E-state index is 13.6. The van der Waals surface area contributed by atoms with Crippen molar-refractivity contribution >= 4 is 34.5 Å². The first-order valence-corrected chi connectivity index (χ1v) is 7.00. The van der Waals surface area contributed by atoms with Gasteiger partial charge in [0, 0.05) is 21.5 Å². The van der Waals surface area contributed by atoms with E-state index in [1.165, 1.54) is 17.4 Å². The molecule has 0 spiro atoms. The van der Waals surface area contributed by atoms with Crippen molar-refractivity contribution in [1.29, 1.82) is 0 Å². The molecule has 0 bridgehead atoms. The molecule has 0 fully saturated rings. The number of halogens is 3. The molecular formula is C13H12Cl2FNS. The molecule has 2 N–H and O–H groups in total. The summed E-state index contributed by atoms with van der Waals surface area (Å²) in [5, 5.41) is 0.407. The molecule has 1 aromatic heterocycles. The summed E-state index contributed by atoms with van der Waals surface area (Å²) < 4.78 is 14.4. The molecule has 1 unspecified atom stereocenters. The number of benzene rings is 1. The van der Waals surface area contributed by atoms with Gasteiger partial charge in [0.1, 0.15) is 5.82 Å². The summed E-state index contributed by atoms with van der Waals surface area (Å²) in [5.74, 6) is -0.322. The predicted molar refractivity (Wildman–Crippen MR) is 76.1 cm³/mol. The normalized spacial score (nSPS) is 12.7. The maximum absolute atomic E-state index is 13.6. The zero-order valence-corrected chi connectivity index (χ0v) is 12.0. The second-order valence-electron chi connectivity index (χ2n) is 4.12. The molecule has 0 aliphatic carbocycles. The number of hydrogen-bond acceptors (Lipinski definition) is 2. The minimum atomic E-state index is -0.322. The highest BCUT2D eigenvalue weighted by Crippen LogP contribution is 2.32. The lowest BCUT2D eigenvalue weighted by Crippen LogP contribution is -2.13. The van der Waals surface area contributed by atoms with Crippen LogP contribution in [0.2, 0.25) is 9.36 Å². The summed E-state index contributed by atoms with van der Waals surface area (Å²) in [5.41, 5.74) is 7.52. The van der Waals surface area contributed by atoms with Crippen molar-refractivity contribution in [3.05, 3.63) is 55.4 Å². The van der Waals surface area contributed by atoms with E-state index in [1.807, 2.05) is 13.0 Å². The summed E-state index contributed by atoms with van der Waals surface area (Å²) in [4.78, 5) is 0.941. The Hall–Kier alpha value is -0.610. The van der Waals surface area contributed by atoms with Crippen molar-refractivity contribution in [2.45, 2.75) is 19.4 Å². The van der Waals surface area contributed by atoms with Crippen LogP contribution < -0.4 is 5.73 Å². The fraction of sp³-hybridized carbons (Fsp3) is 0.231. The Morgan fingerprint density at radius 1 is 1.39 bits per heavy atom. The molecule has 18 heavy (non-hydrogen) atoms. The van der Waals surface area contributed by atoms with Crippen LogP contribution in [0.15, 0.2) is 24.3 Å². The van der Waals surface area contributed by atoms with E-state index in [-0.39, 0.29) is 11.9 Å². The van der Waals surface area contributed by atoms with Gasteiger partial charge in [-0.2, -0.15) is 0 Å². The van der Waals surface area contributed by atoms with E-state index >= 15 is 0 Å². The molecule has 0 amide bonds. The van der Waals surface area contributed by atoms with Gasteiger partial charge in [0.25, 0.3) is 0 Å². The Kier molecular flexibility index (Phi) is 4.28. The molecule has 96 valence electrons. The number of nitrogens with two attached hydrogens (primary N) is 1. The predicted octanol–water partition coefficient (Wildman–Crippen LogP) is 4.74. The van der Waals surface area contributed by atoms with Crippen LogP contribution in [0, 0.1) is 12.7 Å². The molecule has 0 aliphatic heterocycles. The van der Waals surface area contributed by atoms with Gasteiger partial charge in [0.05, 0.1) is 4.34 Å². The van der Waals surface area contributed by atoms with E-state index in [2.05, 4.69) is 0 Å². The van der Waals surface area contributed by atoms with Crippen molar-refractivity contribution in [3.63, 3.8) is 0 Å². The van der Waals surface area contributed by atoms with Crippen LogP contribution >= 0.6 is 34.5 Å². The first-order valence-electron chi connectivity index (χ1n) is 5.43. The van der Waals surface area contributed by atoms with Crippen LogP contribution in [0.25, 0.3) is 0 Å². The highest BCUT2D eigenvalue weighted by atomic mass is 35.5. The van der Waals surface area contributed by atoms with E-state index in [0.717, 1.165) is 14.8 Å². The second-order valence-corrected chi connectivity index (χ2v) is 6.21. The molecule has 0 saturated carbocycles. The van der Waals surface area contributed by atoms with Gasteiger partial charge >= 0.3 is 0 Å². The largest absolute Gasteiger partial charge is 0.323 e. The van der Waals surface area contributed by atoms with Gasteiger partial charge in [-0.3, -0.25) is 0 Å². The molecule has 2 rings (SSSR count). The zero-order chi connectivity index (χ0) is 13.3. The maximum Gasteiger partial charge on any atom is 0.127 e. The minimum absolute atomic E-state index is 0.296. The third-order valence-electron chi connectivity index (χ3n) is 2.73. The average molecular weight is 304 g/mol.